The minimum atomic E-state index is -0.313. The lowest BCUT2D eigenvalue weighted by Crippen LogP contribution is -2.48. The summed E-state index contributed by atoms with van der Waals surface area (Å²) >= 11 is 0.894. The third-order valence-corrected chi connectivity index (χ3v) is 5.05. The molecule has 0 unspecified atom stereocenters. The van der Waals surface area contributed by atoms with Crippen LogP contribution in [0.15, 0.2) is 34.4 Å². The third kappa shape index (κ3) is 4.02. The Hall–Kier alpha value is -2.32. The van der Waals surface area contributed by atoms with Gasteiger partial charge in [0.1, 0.15) is 5.75 Å². The van der Waals surface area contributed by atoms with Crippen LogP contribution in [0.2, 0.25) is 0 Å². The number of aromatic nitrogens is 1. The molecule has 1 aromatic carbocycles. The Labute approximate surface area is 149 Å². The molecule has 2 heterocycles. The number of hydrogen-bond acceptors (Lipinski definition) is 7. The van der Waals surface area contributed by atoms with Gasteiger partial charge in [0.25, 0.3) is 0 Å². The molecule has 134 valence electrons. The second-order valence-electron chi connectivity index (χ2n) is 5.92. The Kier molecular flexibility index (Phi) is 5.40. The molecule has 0 atom stereocenters. The number of piperazine rings is 1. The fraction of sp³-hybridized carbons (Fsp3) is 0.412. The number of ether oxygens (including phenoxy) is 1. The van der Waals surface area contributed by atoms with Gasteiger partial charge < -0.3 is 14.7 Å². The van der Waals surface area contributed by atoms with Crippen LogP contribution in [0.5, 0.6) is 11.6 Å². The van der Waals surface area contributed by atoms with Gasteiger partial charge in [0, 0.05) is 26.2 Å². The van der Waals surface area contributed by atoms with Crippen molar-refractivity contribution < 1.29 is 14.6 Å². The SMILES string of the molecule is COc1ccccc1N1CCN(CC(=O)Cn2c(O)csc2=O)CC1. The number of rotatable bonds is 6. The molecule has 1 N–H and O–H groups in total. The molecule has 7 nitrogen and oxygen atoms in total. The van der Waals surface area contributed by atoms with E-state index < -0.39 is 0 Å². The normalized spacial score (nSPS) is 15.3. The summed E-state index contributed by atoms with van der Waals surface area (Å²) in [6.07, 6.45) is 0. The van der Waals surface area contributed by atoms with Gasteiger partial charge in [0.2, 0.25) is 5.88 Å². The standard InChI is InChI=1S/C17H21N3O4S/c1-24-15-5-3-2-4-14(15)19-8-6-18(7-9-19)10-13(21)11-20-16(22)12-25-17(20)23/h2-5,12,22H,6-11H2,1H3. The molecule has 0 radical (unpaired) electrons. The van der Waals surface area contributed by atoms with E-state index in [4.69, 9.17) is 4.74 Å². The molecular formula is C17H21N3O4S. The van der Waals surface area contributed by atoms with Crippen molar-refractivity contribution in [3.05, 3.63) is 39.3 Å². The van der Waals surface area contributed by atoms with E-state index in [2.05, 4.69) is 9.80 Å². The molecule has 1 fully saturated rings. The van der Waals surface area contributed by atoms with Gasteiger partial charge in [0.15, 0.2) is 5.78 Å². The second-order valence-corrected chi connectivity index (χ2v) is 6.74. The number of nitrogens with zero attached hydrogens (tertiary/aromatic N) is 3. The number of anilines is 1. The average Bonchev–Trinajstić information content (AvgIpc) is 2.94. The number of ketones is 1. The number of carbonyl (C=O) groups is 1. The predicted octanol–water partition coefficient (Wildman–Crippen LogP) is 1.02. The maximum Gasteiger partial charge on any atom is 0.310 e. The quantitative estimate of drug-likeness (QED) is 0.826. The number of hydrogen-bond donors (Lipinski definition) is 1. The Balaban J connectivity index is 1.54. The number of aromatic hydroxyl groups is 1. The molecule has 0 amide bonds. The first-order valence-corrected chi connectivity index (χ1v) is 8.96. The first-order valence-electron chi connectivity index (χ1n) is 8.08. The molecule has 8 heteroatoms. The van der Waals surface area contributed by atoms with Crippen molar-refractivity contribution >= 4 is 22.8 Å². The van der Waals surface area contributed by atoms with Crippen molar-refractivity contribution in [3.63, 3.8) is 0 Å². The number of methoxy groups -OCH3 is 1. The Bertz CT molecular complexity index is 793. The number of para-hydroxylation sites is 2. The summed E-state index contributed by atoms with van der Waals surface area (Å²) in [5.74, 6) is 0.616. The van der Waals surface area contributed by atoms with E-state index in [-0.39, 0.29) is 29.6 Å². The van der Waals surface area contributed by atoms with Crippen LogP contribution in [0.3, 0.4) is 0 Å². The van der Waals surface area contributed by atoms with Gasteiger partial charge >= 0.3 is 4.87 Å². The van der Waals surface area contributed by atoms with Crippen LogP contribution in [-0.4, -0.2) is 60.2 Å². The van der Waals surface area contributed by atoms with Crippen molar-refractivity contribution in [2.45, 2.75) is 6.54 Å². The van der Waals surface area contributed by atoms with E-state index in [9.17, 15) is 14.7 Å². The largest absolute Gasteiger partial charge is 0.495 e. The zero-order valence-corrected chi connectivity index (χ0v) is 14.9. The smallest absolute Gasteiger partial charge is 0.310 e. The van der Waals surface area contributed by atoms with E-state index in [0.29, 0.717) is 0 Å². The minimum Gasteiger partial charge on any atom is -0.495 e. The van der Waals surface area contributed by atoms with Gasteiger partial charge in [0.05, 0.1) is 31.3 Å². The summed E-state index contributed by atoms with van der Waals surface area (Å²) in [6, 6.07) is 7.90. The van der Waals surface area contributed by atoms with Crippen LogP contribution in [0.25, 0.3) is 0 Å². The monoisotopic (exact) mass is 363 g/mol. The van der Waals surface area contributed by atoms with Gasteiger partial charge in [-0.3, -0.25) is 19.1 Å². The first-order chi connectivity index (χ1) is 12.1. The lowest BCUT2D eigenvalue weighted by atomic mass is 10.2. The maximum absolute atomic E-state index is 12.2. The highest BCUT2D eigenvalue weighted by Gasteiger charge is 2.21. The molecule has 1 saturated heterocycles. The third-order valence-electron chi connectivity index (χ3n) is 4.29. The van der Waals surface area contributed by atoms with Crippen molar-refractivity contribution in [1.82, 2.24) is 9.47 Å². The average molecular weight is 363 g/mol. The molecule has 25 heavy (non-hydrogen) atoms. The Morgan fingerprint density at radius 1 is 1.20 bits per heavy atom. The van der Waals surface area contributed by atoms with Crippen molar-refractivity contribution in [1.29, 1.82) is 0 Å². The molecule has 3 rings (SSSR count). The summed E-state index contributed by atoms with van der Waals surface area (Å²) in [5.41, 5.74) is 1.06. The number of Topliss-reactive ketones (excluding diaryl/α,β-unsaturated/α-hetero) is 1. The Morgan fingerprint density at radius 2 is 1.92 bits per heavy atom. The topological polar surface area (TPSA) is 75.0 Å². The van der Waals surface area contributed by atoms with Gasteiger partial charge in [-0.25, -0.2) is 0 Å². The van der Waals surface area contributed by atoms with Crippen molar-refractivity contribution in [2.24, 2.45) is 0 Å². The van der Waals surface area contributed by atoms with Gasteiger partial charge in [-0.1, -0.05) is 23.5 Å². The van der Waals surface area contributed by atoms with Crippen LogP contribution in [0.1, 0.15) is 0 Å². The molecule has 0 spiro atoms. The number of benzene rings is 1. The van der Waals surface area contributed by atoms with Crippen molar-refractivity contribution in [2.75, 3.05) is 44.7 Å². The lowest BCUT2D eigenvalue weighted by Gasteiger charge is -2.36. The molecule has 2 aromatic rings. The van der Waals surface area contributed by atoms with Crippen molar-refractivity contribution in [3.8, 4) is 11.6 Å². The molecule has 0 bridgehead atoms. The van der Waals surface area contributed by atoms with E-state index in [0.717, 1.165) is 53.5 Å². The summed E-state index contributed by atoms with van der Waals surface area (Å²) in [4.78, 5) is 27.8. The fourth-order valence-corrected chi connectivity index (χ4v) is 3.60. The fourth-order valence-electron chi connectivity index (χ4n) is 2.98. The van der Waals surface area contributed by atoms with Gasteiger partial charge in [-0.05, 0) is 12.1 Å². The van der Waals surface area contributed by atoms with E-state index in [1.807, 2.05) is 24.3 Å². The Morgan fingerprint density at radius 3 is 2.56 bits per heavy atom. The maximum atomic E-state index is 12.2. The summed E-state index contributed by atoms with van der Waals surface area (Å²) in [5, 5.41) is 10.9. The molecular weight excluding hydrogens is 342 g/mol. The highest BCUT2D eigenvalue weighted by atomic mass is 32.1. The molecule has 1 aliphatic heterocycles. The molecule has 1 aromatic heterocycles. The molecule has 0 saturated carbocycles. The zero-order chi connectivity index (χ0) is 17.8. The first kappa shape index (κ1) is 17.5. The number of thiazole rings is 1. The van der Waals surface area contributed by atoms with Crippen LogP contribution in [-0.2, 0) is 11.3 Å². The molecule has 1 aliphatic rings. The zero-order valence-electron chi connectivity index (χ0n) is 14.1. The van der Waals surface area contributed by atoms with Gasteiger partial charge in [-0.15, -0.1) is 0 Å². The van der Waals surface area contributed by atoms with E-state index in [1.54, 1.807) is 7.11 Å². The highest BCUT2D eigenvalue weighted by Crippen LogP contribution is 2.28. The van der Waals surface area contributed by atoms with Crippen LogP contribution in [0, 0.1) is 0 Å². The van der Waals surface area contributed by atoms with Gasteiger partial charge in [-0.2, -0.15) is 0 Å². The molecule has 0 aliphatic carbocycles. The summed E-state index contributed by atoms with van der Waals surface area (Å²) in [7, 11) is 1.66. The van der Waals surface area contributed by atoms with Crippen LogP contribution >= 0.6 is 11.3 Å². The highest BCUT2D eigenvalue weighted by molar-refractivity contribution is 7.07. The predicted molar refractivity (Wildman–Crippen MR) is 96.9 cm³/mol. The second kappa shape index (κ2) is 7.71. The lowest BCUT2D eigenvalue weighted by molar-refractivity contribution is -0.121. The summed E-state index contributed by atoms with van der Waals surface area (Å²) < 4.78 is 6.52. The summed E-state index contributed by atoms with van der Waals surface area (Å²) in [6.45, 7) is 3.32. The van der Waals surface area contributed by atoms with Crippen LogP contribution < -0.4 is 14.5 Å². The van der Waals surface area contributed by atoms with E-state index >= 15 is 0 Å². The number of carbonyl (C=O) groups excluding carboxylic acids is 1. The minimum absolute atomic E-state index is 0.0819. The van der Waals surface area contributed by atoms with E-state index in [1.165, 1.54) is 5.38 Å². The van der Waals surface area contributed by atoms with Crippen LogP contribution in [0.4, 0.5) is 5.69 Å².